The number of hydrogen-bond acceptors (Lipinski definition) is 4. The summed E-state index contributed by atoms with van der Waals surface area (Å²) in [7, 11) is 0. The van der Waals surface area contributed by atoms with Crippen LogP contribution in [0.3, 0.4) is 0 Å². The maximum atomic E-state index is 4.43. The first-order valence-corrected chi connectivity index (χ1v) is 9.63. The highest BCUT2D eigenvalue weighted by Gasteiger charge is 2.09. The predicted octanol–water partition coefficient (Wildman–Crippen LogP) is 6.71. The number of halogens is 2. The molecule has 1 heterocycles. The molecular formula is C23H18Br2N4. The van der Waals surface area contributed by atoms with Crippen LogP contribution in [0.25, 0.3) is 28.1 Å². The van der Waals surface area contributed by atoms with Crippen molar-refractivity contribution in [2.24, 2.45) is 5.10 Å². The molecule has 4 rings (SSSR count). The monoisotopic (exact) mass is 508 g/mol. The number of benzene rings is 3. The molecule has 0 aliphatic heterocycles. The molecule has 0 bridgehead atoms. The summed E-state index contributed by atoms with van der Waals surface area (Å²) >= 11 is 3.52. The van der Waals surface area contributed by atoms with Crippen LogP contribution in [0.15, 0.2) is 94.5 Å². The summed E-state index contributed by atoms with van der Waals surface area (Å²) in [5, 5.41) is 15.1. The fourth-order valence-corrected chi connectivity index (χ4v) is 3.26. The van der Waals surface area contributed by atoms with Crippen LogP contribution in [0.4, 0.5) is 5.82 Å². The second-order valence-electron chi connectivity index (χ2n) is 6.12. The molecule has 144 valence electrons. The normalized spacial score (nSPS) is 11.4. The maximum absolute atomic E-state index is 4.43. The second kappa shape index (κ2) is 10.1. The molecular weight excluding hydrogens is 492 g/mol. The minimum Gasteiger partial charge on any atom is -0.259 e. The molecule has 3 aromatic carbocycles. The lowest BCUT2D eigenvalue weighted by atomic mass is 10.0. The van der Waals surface area contributed by atoms with Gasteiger partial charge in [0.1, 0.15) is 5.69 Å². The van der Waals surface area contributed by atoms with Gasteiger partial charge in [-0.15, -0.1) is 27.2 Å². The summed E-state index contributed by atoms with van der Waals surface area (Å²) in [5.41, 5.74) is 6.00. The van der Waals surface area contributed by atoms with Crippen molar-refractivity contribution in [3.63, 3.8) is 0 Å². The third kappa shape index (κ3) is 5.16. The molecule has 0 atom stereocenters. The molecule has 1 N–H and O–H groups in total. The maximum Gasteiger partial charge on any atom is 0.176 e. The Balaban J connectivity index is 0.00000240. The highest BCUT2D eigenvalue weighted by atomic mass is 79.9. The number of allylic oxidation sites excluding steroid dienone is 1. The minimum absolute atomic E-state index is 0. The van der Waals surface area contributed by atoms with E-state index in [4.69, 9.17) is 0 Å². The molecule has 0 fully saturated rings. The van der Waals surface area contributed by atoms with Gasteiger partial charge in [0.2, 0.25) is 0 Å². The van der Waals surface area contributed by atoms with Gasteiger partial charge < -0.3 is 0 Å². The van der Waals surface area contributed by atoms with Gasteiger partial charge in [-0.3, -0.25) is 5.43 Å². The average Bonchev–Trinajstić information content (AvgIpc) is 2.75. The first-order chi connectivity index (χ1) is 13.8. The number of fused-ring (bicyclic) bond motifs is 1. The van der Waals surface area contributed by atoms with Crippen LogP contribution in [-0.2, 0) is 0 Å². The summed E-state index contributed by atoms with van der Waals surface area (Å²) in [6.07, 6.45) is 3.70. The molecule has 29 heavy (non-hydrogen) atoms. The van der Waals surface area contributed by atoms with Crippen molar-refractivity contribution in [2.75, 3.05) is 5.43 Å². The number of anilines is 1. The highest BCUT2D eigenvalue weighted by Crippen LogP contribution is 2.29. The lowest BCUT2D eigenvalue weighted by Gasteiger charge is -2.08. The van der Waals surface area contributed by atoms with Gasteiger partial charge in [0.25, 0.3) is 0 Å². The third-order valence-electron chi connectivity index (χ3n) is 4.20. The van der Waals surface area contributed by atoms with Gasteiger partial charge in [-0.2, -0.15) is 5.10 Å². The molecule has 0 aliphatic carbocycles. The molecule has 0 saturated heterocycles. The van der Waals surface area contributed by atoms with Crippen molar-refractivity contribution in [1.29, 1.82) is 0 Å². The quantitative estimate of drug-likeness (QED) is 0.240. The molecule has 0 spiro atoms. The van der Waals surface area contributed by atoms with E-state index < -0.39 is 0 Å². The lowest BCUT2D eigenvalue weighted by molar-refractivity contribution is 1.05. The first-order valence-electron chi connectivity index (χ1n) is 8.83. The fourth-order valence-electron chi connectivity index (χ4n) is 2.90. The summed E-state index contributed by atoms with van der Waals surface area (Å²) in [6.45, 7) is 0. The zero-order chi connectivity index (χ0) is 19.2. The standard InChI is InChI=1S/C23H17BrN4.BrH/c24-19(15-17-9-3-1-4-10-17)16-25-27-23-21-14-8-7-13-20(21)22(26-28-23)18-11-5-2-6-12-18;/h1-16H,(H,27,28);1H/b19-15-,25-16+;. The molecule has 0 aliphatic rings. The Kier molecular flexibility index (Phi) is 7.27. The second-order valence-corrected chi connectivity index (χ2v) is 7.03. The number of nitrogens with one attached hydrogen (secondary N) is 1. The van der Waals surface area contributed by atoms with Crippen molar-refractivity contribution in [2.45, 2.75) is 0 Å². The molecule has 1 aromatic heterocycles. The van der Waals surface area contributed by atoms with Crippen LogP contribution in [-0.4, -0.2) is 16.4 Å². The number of rotatable bonds is 5. The van der Waals surface area contributed by atoms with Crippen molar-refractivity contribution in [3.8, 4) is 11.3 Å². The van der Waals surface area contributed by atoms with Crippen LogP contribution in [0, 0.1) is 0 Å². The van der Waals surface area contributed by atoms with Gasteiger partial charge in [-0.25, -0.2) is 0 Å². The largest absolute Gasteiger partial charge is 0.259 e. The van der Waals surface area contributed by atoms with Crippen molar-refractivity contribution < 1.29 is 0 Å². The molecule has 0 amide bonds. The molecule has 0 unspecified atom stereocenters. The van der Waals surface area contributed by atoms with Gasteiger partial charge in [0.05, 0.1) is 6.21 Å². The van der Waals surface area contributed by atoms with Gasteiger partial charge in [0, 0.05) is 20.8 Å². The van der Waals surface area contributed by atoms with E-state index in [0.717, 1.165) is 32.1 Å². The van der Waals surface area contributed by atoms with E-state index in [-0.39, 0.29) is 17.0 Å². The van der Waals surface area contributed by atoms with Crippen LogP contribution in [0.5, 0.6) is 0 Å². The minimum atomic E-state index is 0. The Labute approximate surface area is 188 Å². The number of aromatic nitrogens is 2. The molecule has 6 heteroatoms. The van der Waals surface area contributed by atoms with E-state index >= 15 is 0 Å². The highest BCUT2D eigenvalue weighted by molar-refractivity contribution is 9.12. The number of hydrazone groups is 1. The summed E-state index contributed by atoms with van der Waals surface area (Å²) in [5.74, 6) is 0.617. The molecule has 0 saturated carbocycles. The van der Waals surface area contributed by atoms with Crippen molar-refractivity contribution >= 4 is 61.8 Å². The van der Waals surface area contributed by atoms with E-state index in [1.54, 1.807) is 6.21 Å². The summed E-state index contributed by atoms with van der Waals surface area (Å²) < 4.78 is 0.851. The van der Waals surface area contributed by atoms with Crippen molar-refractivity contribution in [1.82, 2.24) is 10.2 Å². The Hall–Kier alpha value is -2.83. The average molecular weight is 510 g/mol. The Bertz CT molecular complexity index is 1140. The zero-order valence-electron chi connectivity index (χ0n) is 15.4. The summed E-state index contributed by atoms with van der Waals surface area (Å²) in [6, 6.07) is 28.2. The van der Waals surface area contributed by atoms with Crippen LogP contribution < -0.4 is 5.43 Å². The van der Waals surface area contributed by atoms with Crippen molar-refractivity contribution in [3.05, 3.63) is 95.0 Å². The van der Waals surface area contributed by atoms with E-state index in [1.807, 2.05) is 91.0 Å². The van der Waals surface area contributed by atoms with Gasteiger partial charge in [-0.1, -0.05) is 84.9 Å². The number of nitrogens with zero attached hydrogens (tertiary/aromatic N) is 3. The Morgan fingerprint density at radius 1 is 0.793 bits per heavy atom. The van der Waals surface area contributed by atoms with E-state index in [9.17, 15) is 0 Å². The third-order valence-corrected chi connectivity index (χ3v) is 4.63. The van der Waals surface area contributed by atoms with Gasteiger partial charge in [-0.05, 0) is 27.6 Å². The van der Waals surface area contributed by atoms with Gasteiger partial charge in [0.15, 0.2) is 5.82 Å². The fraction of sp³-hybridized carbons (Fsp3) is 0. The topological polar surface area (TPSA) is 50.2 Å². The lowest BCUT2D eigenvalue weighted by Crippen LogP contribution is -1.98. The summed E-state index contributed by atoms with van der Waals surface area (Å²) in [4.78, 5) is 0. The van der Waals surface area contributed by atoms with E-state index in [0.29, 0.717) is 5.82 Å². The zero-order valence-corrected chi connectivity index (χ0v) is 18.7. The van der Waals surface area contributed by atoms with Crippen LogP contribution in [0.2, 0.25) is 0 Å². The Morgan fingerprint density at radius 2 is 1.41 bits per heavy atom. The van der Waals surface area contributed by atoms with E-state index in [2.05, 4.69) is 36.7 Å². The molecule has 0 radical (unpaired) electrons. The predicted molar refractivity (Wildman–Crippen MR) is 131 cm³/mol. The molecule has 4 nitrogen and oxygen atoms in total. The van der Waals surface area contributed by atoms with Gasteiger partial charge >= 0.3 is 0 Å². The van der Waals surface area contributed by atoms with E-state index in [1.165, 1.54) is 0 Å². The number of hydrogen-bond donors (Lipinski definition) is 1. The smallest absolute Gasteiger partial charge is 0.176 e. The van der Waals surface area contributed by atoms with Crippen LogP contribution in [0.1, 0.15) is 5.56 Å². The first kappa shape index (κ1) is 20.9. The Morgan fingerprint density at radius 3 is 2.14 bits per heavy atom. The van der Waals surface area contributed by atoms with Crippen LogP contribution >= 0.6 is 32.9 Å². The molecule has 4 aromatic rings. The SMILES string of the molecule is Br.BrC(=C\c1ccccc1)/C=N/Nc1nnc(-c2ccccc2)c2ccccc12.